The molecule has 5 N–H and O–H groups in total. The average Bonchev–Trinajstić information content (AvgIpc) is 3.51. The van der Waals surface area contributed by atoms with Gasteiger partial charge in [0.2, 0.25) is 0 Å². The van der Waals surface area contributed by atoms with Gasteiger partial charge in [0.1, 0.15) is 11.5 Å². The van der Waals surface area contributed by atoms with Gasteiger partial charge in [-0.25, -0.2) is 14.8 Å². The van der Waals surface area contributed by atoms with Crippen LogP contribution in [0.25, 0.3) is 11.4 Å². The monoisotopic (exact) mass is 398 g/mol. The summed E-state index contributed by atoms with van der Waals surface area (Å²) in [5.41, 5.74) is 6.64. The van der Waals surface area contributed by atoms with E-state index in [-0.39, 0.29) is 24.2 Å². The van der Waals surface area contributed by atoms with Gasteiger partial charge in [0.15, 0.2) is 5.82 Å². The van der Waals surface area contributed by atoms with E-state index in [4.69, 9.17) is 5.73 Å². The molecule has 1 aromatic heterocycles. The van der Waals surface area contributed by atoms with Crippen LogP contribution in [-0.2, 0) is 0 Å². The van der Waals surface area contributed by atoms with Gasteiger partial charge in [-0.05, 0) is 49.9 Å². The summed E-state index contributed by atoms with van der Waals surface area (Å²) in [6.45, 7) is 2.45. The van der Waals surface area contributed by atoms with Gasteiger partial charge in [-0.15, -0.1) is 0 Å². The van der Waals surface area contributed by atoms with E-state index >= 15 is 0 Å². The predicted molar refractivity (Wildman–Crippen MR) is 111 cm³/mol. The maximum atomic E-state index is 12.9. The number of carbonyl (C=O) groups excluding carboxylic acids is 2. The molecule has 1 atom stereocenters. The lowest BCUT2D eigenvalue weighted by atomic mass is 10.2. The number of anilines is 2. The number of nitrogens with two attached hydrogens (primary N) is 1. The number of carbonyl (C=O) groups is 2. The zero-order valence-electron chi connectivity index (χ0n) is 16.6. The molecule has 0 saturated heterocycles. The van der Waals surface area contributed by atoms with Crippen LogP contribution in [0.3, 0.4) is 0 Å². The number of aliphatic hydroxyl groups excluding tert-OH is 1. The van der Waals surface area contributed by atoms with Crippen molar-refractivity contribution in [1.29, 1.82) is 0 Å². The van der Waals surface area contributed by atoms with Crippen molar-refractivity contribution in [1.82, 2.24) is 14.9 Å². The molecule has 154 valence electrons. The third kappa shape index (κ3) is 5.64. The summed E-state index contributed by atoms with van der Waals surface area (Å²) in [4.78, 5) is 34.5. The molecule has 0 spiro atoms. The smallest absolute Gasteiger partial charge is 0.316 e. The normalized spacial score (nSPS) is 14.2. The van der Waals surface area contributed by atoms with Crippen LogP contribution >= 0.6 is 0 Å². The maximum Gasteiger partial charge on any atom is 0.316 e. The molecule has 1 fully saturated rings. The molecule has 1 saturated carbocycles. The molecule has 2 aromatic rings. The molecule has 9 nitrogen and oxygen atoms in total. The largest absolute Gasteiger partial charge is 0.394 e. The zero-order chi connectivity index (χ0) is 21.0. The number of rotatable bonds is 8. The van der Waals surface area contributed by atoms with Gasteiger partial charge in [0.25, 0.3) is 5.91 Å². The van der Waals surface area contributed by atoms with Gasteiger partial charge in [-0.3, -0.25) is 4.79 Å². The lowest BCUT2D eigenvalue weighted by Crippen LogP contribution is -2.30. The Balaban J connectivity index is 1.90. The van der Waals surface area contributed by atoms with Crippen LogP contribution in [0, 0.1) is 5.92 Å². The Morgan fingerprint density at radius 2 is 1.97 bits per heavy atom. The Hall–Kier alpha value is -3.20. The summed E-state index contributed by atoms with van der Waals surface area (Å²) in [6.07, 6.45) is 2.30. The molecule has 3 amide bonds. The highest BCUT2D eigenvalue weighted by Crippen LogP contribution is 2.30. The lowest BCUT2D eigenvalue weighted by molar-refractivity contribution is 0.0783. The third-order valence-corrected chi connectivity index (χ3v) is 4.60. The first-order valence-corrected chi connectivity index (χ1v) is 9.54. The topological polar surface area (TPSA) is 133 Å². The number of nitrogens with zero attached hydrogens (tertiary/aromatic N) is 3. The van der Waals surface area contributed by atoms with Crippen LogP contribution in [0.4, 0.5) is 16.3 Å². The fourth-order valence-corrected chi connectivity index (χ4v) is 2.87. The predicted octanol–water partition coefficient (Wildman–Crippen LogP) is 1.91. The number of hydrogen-bond donors (Lipinski definition) is 4. The van der Waals surface area contributed by atoms with Gasteiger partial charge in [0, 0.05) is 37.0 Å². The van der Waals surface area contributed by atoms with E-state index in [1.54, 1.807) is 42.3 Å². The molecule has 9 heteroatoms. The Kier molecular flexibility index (Phi) is 6.28. The molecule has 0 unspecified atom stereocenters. The molecule has 29 heavy (non-hydrogen) atoms. The van der Waals surface area contributed by atoms with E-state index in [9.17, 15) is 14.7 Å². The first-order valence-electron chi connectivity index (χ1n) is 9.54. The molecule has 0 bridgehead atoms. The minimum Gasteiger partial charge on any atom is -0.394 e. The van der Waals surface area contributed by atoms with Gasteiger partial charge in [0.05, 0.1) is 6.61 Å². The molecule has 0 aliphatic heterocycles. The van der Waals surface area contributed by atoms with E-state index in [0.29, 0.717) is 35.4 Å². The van der Waals surface area contributed by atoms with Crippen molar-refractivity contribution in [2.75, 3.05) is 30.8 Å². The number of aromatic nitrogens is 2. The van der Waals surface area contributed by atoms with Crippen molar-refractivity contribution in [3.05, 3.63) is 36.0 Å². The average molecular weight is 398 g/mol. The number of aliphatic hydroxyl groups is 1. The van der Waals surface area contributed by atoms with Crippen molar-refractivity contribution in [3.8, 4) is 11.4 Å². The number of nitrogens with one attached hydrogen (secondary N) is 2. The van der Waals surface area contributed by atoms with Crippen LogP contribution in [0.2, 0.25) is 0 Å². The highest BCUT2D eigenvalue weighted by Gasteiger charge is 2.26. The first kappa shape index (κ1) is 20.5. The fourth-order valence-electron chi connectivity index (χ4n) is 2.87. The second-order valence-electron chi connectivity index (χ2n) is 7.39. The minimum absolute atomic E-state index is 0.0717. The van der Waals surface area contributed by atoms with Gasteiger partial charge in [-0.1, -0.05) is 0 Å². The first-order chi connectivity index (χ1) is 13.9. The van der Waals surface area contributed by atoms with Crippen molar-refractivity contribution in [2.24, 2.45) is 11.7 Å². The molecule has 1 aliphatic rings. The van der Waals surface area contributed by atoms with Crippen LogP contribution in [-0.4, -0.2) is 58.2 Å². The molecule has 1 aliphatic carbocycles. The fraction of sp³-hybridized carbons (Fsp3) is 0.400. The number of amides is 3. The van der Waals surface area contributed by atoms with E-state index < -0.39 is 6.03 Å². The Labute approximate surface area is 169 Å². The molecule has 3 rings (SSSR count). The van der Waals surface area contributed by atoms with Crippen LogP contribution in [0.15, 0.2) is 30.3 Å². The molecule has 0 radical (unpaired) electrons. The van der Waals surface area contributed by atoms with Gasteiger partial charge in [-0.2, -0.15) is 0 Å². The van der Waals surface area contributed by atoms with Gasteiger partial charge >= 0.3 is 6.03 Å². The summed E-state index contributed by atoms with van der Waals surface area (Å²) in [5.74, 6) is 1.22. The van der Waals surface area contributed by atoms with Crippen molar-refractivity contribution in [3.63, 3.8) is 0 Å². The Morgan fingerprint density at radius 1 is 1.28 bits per heavy atom. The summed E-state index contributed by atoms with van der Waals surface area (Å²) < 4.78 is 0. The van der Waals surface area contributed by atoms with Crippen LogP contribution in [0.1, 0.15) is 30.3 Å². The van der Waals surface area contributed by atoms with Crippen LogP contribution < -0.4 is 16.4 Å². The van der Waals surface area contributed by atoms with Crippen molar-refractivity contribution in [2.45, 2.75) is 25.8 Å². The molecule has 1 aromatic carbocycles. The summed E-state index contributed by atoms with van der Waals surface area (Å²) in [7, 11) is 1.77. The summed E-state index contributed by atoms with van der Waals surface area (Å²) in [5, 5.41) is 14.9. The zero-order valence-corrected chi connectivity index (χ0v) is 16.6. The second kappa shape index (κ2) is 8.87. The maximum absolute atomic E-state index is 12.9. The van der Waals surface area contributed by atoms with Crippen LogP contribution in [0.5, 0.6) is 0 Å². The quantitative estimate of drug-likeness (QED) is 0.537. The number of hydrogen-bond acceptors (Lipinski definition) is 6. The summed E-state index contributed by atoms with van der Waals surface area (Å²) >= 11 is 0. The highest BCUT2D eigenvalue weighted by atomic mass is 16.3. The molecule has 1 heterocycles. The van der Waals surface area contributed by atoms with E-state index in [1.165, 1.54) is 0 Å². The second-order valence-corrected chi connectivity index (χ2v) is 7.39. The highest BCUT2D eigenvalue weighted by molar-refractivity contribution is 5.93. The van der Waals surface area contributed by atoms with Crippen molar-refractivity contribution < 1.29 is 14.7 Å². The Bertz CT molecular complexity index is 882. The Morgan fingerprint density at radius 3 is 2.55 bits per heavy atom. The van der Waals surface area contributed by atoms with E-state index in [2.05, 4.69) is 20.6 Å². The summed E-state index contributed by atoms with van der Waals surface area (Å²) in [6, 6.07) is 7.56. The lowest BCUT2D eigenvalue weighted by Gasteiger charge is -2.18. The number of urea groups is 1. The van der Waals surface area contributed by atoms with Crippen molar-refractivity contribution >= 4 is 23.4 Å². The molecular weight excluding hydrogens is 372 g/mol. The minimum atomic E-state index is -0.648. The number of benzene rings is 1. The standard InChI is InChI=1S/C20H26N6O3/c1-12(11-27)22-17-9-16(19(28)26(2)10-13-3-4-13)24-18(25-17)14-5-7-15(8-6-14)23-20(21)29/h5-9,12-13,27H,3-4,10-11H2,1-2H3,(H3,21,23,29)(H,22,24,25)/t12-/m0/s1. The van der Waals surface area contributed by atoms with E-state index in [0.717, 1.165) is 12.8 Å². The molecular formula is C20H26N6O3. The third-order valence-electron chi connectivity index (χ3n) is 4.60. The van der Waals surface area contributed by atoms with E-state index in [1.807, 2.05) is 6.92 Å². The van der Waals surface area contributed by atoms with Gasteiger partial charge < -0.3 is 26.4 Å². The SMILES string of the molecule is C[C@@H](CO)Nc1cc(C(=O)N(C)CC2CC2)nc(-c2ccc(NC(N)=O)cc2)n1. The number of primary amides is 1.